The number of fused-ring (bicyclic) bond motifs is 1. The van der Waals surface area contributed by atoms with Crippen molar-refractivity contribution in [2.24, 2.45) is 5.10 Å². The van der Waals surface area contributed by atoms with Crippen LogP contribution in [0.25, 0.3) is 11.0 Å². The van der Waals surface area contributed by atoms with Gasteiger partial charge in [-0.2, -0.15) is 5.10 Å². The van der Waals surface area contributed by atoms with Gasteiger partial charge in [-0.15, -0.1) is 13.2 Å². The quantitative estimate of drug-likeness (QED) is 0.164. The minimum absolute atomic E-state index is 0.0298. The molecular formula is C26H27F3N2O5. The molecule has 2 aromatic carbocycles. The Morgan fingerprint density at radius 3 is 2.56 bits per heavy atom. The number of hydrogen-bond acceptors (Lipinski definition) is 6. The molecular weight excluding hydrogens is 477 g/mol. The van der Waals surface area contributed by atoms with E-state index in [0.29, 0.717) is 22.1 Å². The molecule has 36 heavy (non-hydrogen) atoms. The number of nitrogens with one attached hydrogen (secondary N) is 1. The number of amides is 1. The first-order valence-corrected chi connectivity index (χ1v) is 11.5. The monoisotopic (exact) mass is 504 g/mol. The first-order valence-electron chi connectivity index (χ1n) is 11.5. The maximum absolute atomic E-state index is 12.6. The number of hydrazone groups is 1. The fourth-order valence-electron chi connectivity index (χ4n) is 3.82. The van der Waals surface area contributed by atoms with Crippen molar-refractivity contribution >= 4 is 23.1 Å². The first-order chi connectivity index (χ1) is 17.1. The van der Waals surface area contributed by atoms with Gasteiger partial charge in [0.15, 0.2) is 0 Å². The maximum Gasteiger partial charge on any atom is 0.573 e. The van der Waals surface area contributed by atoms with Gasteiger partial charge in [0, 0.05) is 12.0 Å². The number of aryl methyl sites for hydroxylation is 2. The van der Waals surface area contributed by atoms with Gasteiger partial charge in [0.05, 0.1) is 11.6 Å². The van der Waals surface area contributed by atoms with Gasteiger partial charge in [-0.05, 0) is 79.3 Å². The van der Waals surface area contributed by atoms with Crippen LogP contribution in [0.1, 0.15) is 54.9 Å². The lowest BCUT2D eigenvalue weighted by molar-refractivity contribution is -0.274. The molecule has 0 bridgehead atoms. The predicted octanol–water partition coefficient (Wildman–Crippen LogP) is 5.52. The smallest absolute Gasteiger partial charge is 0.507 e. The molecule has 7 nitrogen and oxygen atoms in total. The Labute approximate surface area is 205 Å². The molecule has 10 heteroatoms. The summed E-state index contributed by atoms with van der Waals surface area (Å²) in [6, 6.07) is 8.40. The van der Waals surface area contributed by atoms with E-state index in [9.17, 15) is 27.9 Å². The first kappa shape index (κ1) is 26.8. The standard InChI is InChI=1S/C26H27F3N2O5/c1-3-4-5-6-18-13-21(32)24-16(2)20(25(34)35-22(24)14-18)11-12-23(33)31-30-15-17-7-9-19(10-8-17)36-26(27,28)29/h7-10,13-15,32H,3-6,11-12H2,1-2H3,(H,31,33)/b30-15+. The van der Waals surface area contributed by atoms with Crippen LogP contribution in [0.5, 0.6) is 11.5 Å². The highest BCUT2D eigenvalue weighted by molar-refractivity contribution is 5.88. The second-order valence-corrected chi connectivity index (χ2v) is 8.35. The summed E-state index contributed by atoms with van der Waals surface area (Å²) in [5, 5.41) is 14.8. The van der Waals surface area contributed by atoms with Gasteiger partial charge in [-0.25, -0.2) is 10.2 Å². The summed E-state index contributed by atoms with van der Waals surface area (Å²) in [7, 11) is 0. The van der Waals surface area contributed by atoms with E-state index in [1.165, 1.54) is 18.3 Å². The molecule has 0 radical (unpaired) electrons. The van der Waals surface area contributed by atoms with Crippen molar-refractivity contribution in [1.82, 2.24) is 5.43 Å². The fourth-order valence-corrected chi connectivity index (χ4v) is 3.82. The van der Waals surface area contributed by atoms with Crippen LogP contribution < -0.4 is 15.8 Å². The third kappa shape index (κ3) is 7.34. The van der Waals surface area contributed by atoms with Gasteiger partial charge >= 0.3 is 12.0 Å². The average molecular weight is 505 g/mol. The summed E-state index contributed by atoms with van der Waals surface area (Å²) in [6.45, 7) is 3.81. The molecule has 0 fully saturated rings. The molecule has 2 N–H and O–H groups in total. The largest absolute Gasteiger partial charge is 0.573 e. The fraction of sp³-hybridized carbons (Fsp3) is 0.346. The van der Waals surface area contributed by atoms with Crippen molar-refractivity contribution in [2.45, 2.75) is 58.7 Å². The van der Waals surface area contributed by atoms with Crippen LogP contribution in [0.15, 0.2) is 50.7 Å². The topological polar surface area (TPSA) is 101 Å². The number of aromatic hydroxyl groups is 1. The molecule has 0 saturated carbocycles. The van der Waals surface area contributed by atoms with Crippen LogP contribution in [0.2, 0.25) is 0 Å². The van der Waals surface area contributed by atoms with Crippen molar-refractivity contribution < 1.29 is 32.2 Å². The van der Waals surface area contributed by atoms with E-state index >= 15 is 0 Å². The summed E-state index contributed by atoms with van der Waals surface area (Å²) in [5.74, 6) is -0.813. The molecule has 0 aliphatic rings. The number of halogens is 3. The Morgan fingerprint density at radius 1 is 1.17 bits per heavy atom. The van der Waals surface area contributed by atoms with Crippen LogP contribution in [0, 0.1) is 6.92 Å². The van der Waals surface area contributed by atoms with Crippen molar-refractivity contribution in [1.29, 1.82) is 0 Å². The van der Waals surface area contributed by atoms with Crippen molar-refractivity contribution in [3.63, 3.8) is 0 Å². The molecule has 1 amide bonds. The Balaban J connectivity index is 1.62. The van der Waals surface area contributed by atoms with Crippen molar-refractivity contribution in [3.8, 4) is 11.5 Å². The van der Waals surface area contributed by atoms with E-state index in [1.807, 2.05) is 0 Å². The zero-order chi connectivity index (χ0) is 26.3. The lowest BCUT2D eigenvalue weighted by Gasteiger charge is -2.11. The Bertz CT molecular complexity index is 1300. The number of carbonyl (C=O) groups excluding carboxylic acids is 1. The summed E-state index contributed by atoms with van der Waals surface area (Å²) in [6.07, 6.45) is 0.378. The molecule has 0 saturated heterocycles. The highest BCUT2D eigenvalue weighted by Crippen LogP contribution is 2.31. The van der Waals surface area contributed by atoms with Crippen molar-refractivity contribution in [3.05, 3.63) is 69.1 Å². The Hall–Kier alpha value is -3.82. The number of unbranched alkanes of at least 4 members (excludes halogenated alkanes) is 2. The SMILES string of the molecule is CCCCCc1cc(O)c2c(C)c(CCC(=O)N/N=C/c3ccc(OC(F)(F)F)cc3)c(=O)oc2c1. The third-order valence-corrected chi connectivity index (χ3v) is 5.61. The summed E-state index contributed by atoms with van der Waals surface area (Å²) in [4.78, 5) is 24.8. The van der Waals surface area contributed by atoms with E-state index in [-0.39, 0.29) is 29.9 Å². The molecule has 0 spiro atoms. The molecule has 1 heterocycles. The minimum Gasteiger partial charge on any atom is -0.507 e. The van der Waals surface area contributed by atoms with Gasteiger partial charge in [0.1, 0.15) is 17.1 Å². The molecule has 3 rings (SSSR count). The summed E-state index contributed by atoms with van der Waals surface area (Å²) >= 11 is 0. The van der Waals surface area contributed by atoms with Crippen LogP contribution in [0.4, 0.5) is 13.2 Å². The maximum atomic E-state index is 12.6. The lowest BCUT2D eigenvalue weighted by atomic mass is 9.99. The summed E-state index contributed by atoms with van der Waals surface area (Å²) < 4.78 is 45.9. The molecule has 0 unspecified atom stereocenters. The number of nitrogens with zero attached hydrogens (tertiary/aromatic N) is 1. The Morgan fingerprint density at radius 2 is 1.89 bits per heavy atom. The molecule has 3 aromatic rings. The number of phenols is 1. The van der Waals surface area contributed by atoms with Crippen LogP contribution in [0.3, 0.4) is 0 Å². The number of hydrogen-bond donors (Lipinski definition) is 2. The molecule has 0 aliphatic heterocycles. The van der Waals surface area contributed by atoms with E-state index in [0.717, 1.165) is 43.4 Å². The number of ether oxygens (including phenoxy) is 1. The van der Waals surface area contributed by atoms with Gasteiger partial charge in [-0.1, -0.05) is 19.8 Å². The Kier molecular flexibility index (Phi) is 8.73. The average Bonchev–Trinajstić information content (AvgIpc) is 2.79. The van der Waals surface area contributed by atoms with Gasteiger partial charge in [-0.3, -0.25) is 4.79 Å². The minimum atomic E-state index is -4.78. The van der Waals surface area contributed by atoms with Crippen LogP contribution >= 0.6 is 0 Å². The van der Waals surface area contributed by atoms with Gasteiger partial charge in [0.2, 0.25) is 5.91 Å². The zero-order valence-electron chi connectivity index (χ0n) is 19.9. The number of rotatable bonds is 10. The van der Waals surface area contributed by atoms with Crippen LogP contribution in [-0.4, -0.2) is 23.6 Å². The normalized spacial score (nSPS) is 11.8. The van der Waals surface area contributed by atoms with Gasteiger partial charge < -0.3 is 14.3 Å². The van der Waals surface area contributed by atoms with Crippen LogP contribution in [-0.2, 0) is 17.6 Å². The predicted molar refractivity (Wildman–Crippen MR) is 129 cm³/mol. The second kappa shape index (κ2) is 11.7. The number of phenolic OH excluding ortho intramolecular Hbond substituents is 1. The zero-order valence-corrected chi connectivity index (χ0v) is 19.9. The van der Waals surface area contributed by atoms with E-state index in [2.05, 4.69) is 22.2 Å². The second-order valence-electron chi connectivity index (χ2n) is 8.35. The number of carbonyl (C=O) groups is 1. The summed E-state index contributed by atoms with van der Waals surface area (Å²) in [5.41, 5.74) is 4.23. The molecule has 0 atom stereocenters. The highest BCUT2D eigenvalue weighted by Gasteiger charge is 2.30. The van der Waals surface area contributed by atoms with E-state index < -0.39 is 17.9 Å². The lowest BCUT2D eigenvalue weighted by Crippen LogP contribution is -2.20. The van der Waals surface area contributed by atoms with Gasteiger partial charge in [0.25, 0.3) is 0 Å². The third-order valence-electron chi connectivity index (χ3n) is 5.61. The number of benzene rings is 2. The van der Waals surface area contributed by atoms with Crippen molar-refractivity contribution in [2.75, 3.05) is 0 Å². The molecule has 1 aromatic heterocycles. The molecule has 0 aliphatic carbocycles. The van der Waals surface area contributed by atoms with E-state index in [4.69, 9.17) is 4.42 Å². The van der Waals surface area contributed by atoms with E-state index in [1.54, 1.807) is 19.1 Å². The molecule has 192 valence electrons. The highest BCUT2D eigenvalue weighted by atomic mass is 19.4. The number of alkyl halides is 3.